The summed E-state index contributed by atoms with van der Waals surface area (Å²) in [5, 5.41) is 0. The van der Waals surface area contributed by atoms with E-state index in [-0.39, 0.29) is 0 Å². The molecule has 1 aromatic rings. The number of benzene rings is 1. The lowest BCUT2D eigenvalue weighted by Gasteiger charge is -2.33. The quantitative estimate of drug-likeness (QED) is 0.719. The summed E-state index contributed by atoms with van der Waals surface area (Å²) in [6, 6.07) is 4.76. The zero-order valence-electron chi connectivity index (χ0n) is 10.8. The molecule has 3 heteroatoms. The van der Waals surface area contributed by atoms with Crippen molar-refractivity contribution in [3.05, 3.63) is 41.6 Å². The van der Waals surface area contributed by atoms with Gasteiger partial charge < -0.3 is 14.4 Å². The lowest BCUT2D eigenvalue weighted by molar-refractivity contribution is 0.174. The lowest BCUT2D eigenvalue weighted by atomic mass is 9.97. The number of nitrogens with zero attached hydrogens (tertiary/aromatic N) is 1. The van der Waals surface area contributed by atoms with Crippen LogP contribution in [0.1, 0.15) is 30.4 Å². The third kappa shape index (κ3) is 1.89. The summed E-state index contributed by atoms with van der Waals surface area (Å²) in [6.45, 7) is 1.30. The highest BCUT2D eigenvalue weighted by molar-refractivity contribution is 5.62. The topological polar surface area (TPSA) is 21.7 Å². The number of hydrogen-bond acceptors (Lipinski definition) is 3. The molecule has 19 heavy (non-hydrogen) atoms. The smallest absolute Gasteiger partial charge is 0.231 e. The molecule has 0 aromatic heterocycles. The van der Waals surface area contributed by atoms with Gasteiger partial charge in [0.15, 0.2) is 11.5 Å². The number of ether oxygens (including phenoxy) is 2. The standard InChI is InChI=1S/C16H17NO2/c1-2-4-14(5-3-1)17-7-6-12-8-15-16(19-11-18-15)9-13(12)10-17/h2,4,6-9,14H,1,3,5,10-11H2. The molecule has 0 amide bonds. The summed E-state index contributed by atoms with van der Waals surface area (Å²) in [5.74, 6) is 1.75. The van der Waals surface area contributed by atoms with Crippen LogP contribution in [0.15, 0.2) is 30.5 Å². The van der Waals surface area contributed by atoms with Crippen molar-refractivity contribution in [3.63, 3.8) is 0 Å². The van der Waals surface area contributed by atoms with Crippen LogP contribution in [0.2, 0.25) is 0 Å². The molecule has 0 bridgehead atoms. The molecule has 2 heterocycles. The molecule has 3 aliphatic rings. The predicted molar refractivity (Wildman–Crippen MR) is 73.9 cm³/mol. The molecule has 1 atom stereocenters. The van der Waals surface area contributed by atoms with Crippen molar-refractivity contribution in [1.29, 1.82) is 0 Å². The molecule has 0 saturated heterocycles. The van der Waals surface area contributed by atoms with Crippen molar-refractivity contribution < 1.29 is 9.47 Å². The van der Waals surface area contributed by atoms with E-state index in [1.807, 2.05) is 0 Å². The van der Waals surface area contributed by atoms with Gasteiger partial charge in [0.05, 0.1) is 0 Å². The molecule has 0 fully saturated rings. The van der Waals surface area contributed by atoms with E-state index in [0.29, 0.717) is 12.8 Å². The Morgan fingerprint density at radius 3 is 2.89 bits per heavy atom. The average Bonchev–Trinajstić information content (AvgIpc) is 2.92. The monoisotopic (exact) mass is 255 g/mol. The maximum absolute atomic E-state index is 5.47. The van der Waals surface area contributed by atoms with E-state index in [4.69, 9.17) is 9.47 Å². The van der Waals surface area contributed by atoms with E-state index in [9.17, 15) is 0 Å². The predicted octanol–water partition coefficient (Wildman–Crippen LogP) is 3.31. The van der Waals surface area contributed by atoms with E-state index >= 15 is 0 Å². The van der Waals surface area contributed by atoms with E-state index in [1.165, 1.54) is 30.4 Å². The SMILES string of the molecule is C1=CC(N2C=Cc3cc4c(cc3C2)OCO4)CCC1. The number of fused-ring (bicyclic) bond motifs is 2. The molecular weight excluding hydrogens is 238 g/mol. The summed E-state index contributed by atoms with van der Waals surface area (Å²) < 4.78 is 10.9. The van der Waals surface area contributed by atoms with E-state index < -0.39 is 0 Å². The fourth-order valence-electron chi connectivity index (χ4n) is 3.02. The summed E-state index contributed by atoms with van der Waals surface area (Å²) in [6.07, 6.45) is 12.8. The fraction of sp³-hybridized carbons (Fsp3) is 0.375. The molecule has 98 valence electrons. The maximum Gasteiger partial charge on any atom is 0.231 e. The number of allylic oxidation sites excluding steroid dienone is 1. The van der Waals surface area contributed by atoms with Gasteiger partial charge in [0, 0.05) is 18.8 Å². The second kappa shape index (κ2) is 4.34. The largest absolute Gasteiger partial charge is 0.454 e. The number of rotatable bonds is 1. The molecule has 0 saturated carbocycles. The molecule has 1 aromatic carbocycles. The lowest BCUT2D eigenvalue weighted by Crippen LogP contribution is -2.31. The molecule has 0 spiro atoms. The van der Waals surface area contributed by atoms with Crippen molar-refractivity contribution in [1.82, 2.24) is 4.90 Å². The molecule has 2 aliphatic heterocycles. The summed E-state index contributed by atoms with van der Waals surface area (Å²) in [4.78, 5) is 2.42. The normalized spacial score (nSPS) is 23.6. The minimum absolute atomic E-state index is 0.344. The van der Waals surface area contributed by atoms with Gasteiger partial charge in [-0.05, 0) is 48.6 Å². The maximum atomic E-state index is 5.47. The number of hydrogen-bond donors (Lipinski definition) is 0. The Morgan fingerprint density at radius 1 is 1.16 bits per heavy atom. The Bertz CT molecular complexity index is 562. The second-order valence-electron chi connectivity index (χ2n) is 5.32. The van der Waals surface area contributed by atoms with Gasteiger partial charge in [-0.15, -0.1) is 0 Å². The summed E-state index contributed by atoms with van der Waals surface area (Å²) >= 11 is 0. The van der Waals surface area contributed by atoms with Crippen LogP contribution in [0.25, 0.3) is 6.08 Å². The molecule has 0 radical (unpaired) electrons. The highest BCUT2D eigenvalue weighted by Gasteiger charge is 2.22. The minimum Gasteiger partial charge on any atom is -0.454 e. The average molecular weight is 255 g/mol. The van der Waals surface area contributed by atoms with E-state index in [0.717, 1.165) is 18.0 Å². The molecular formula is C16H17NO2. The zero-order valence-corrected chi connectivity index (χ0v) is 10.8. The van der Waals surface area contributed by atoms with Crippen LogP contribution in [0.5, 0.6) is 11.5 Å². The summed E-state index contributed by atoms with van der Waals surface area (Å²) in [7, 11) is 0. The van der Waals surface area contributed by atoms with Crippen molar-refractivity contribution in [2.24, 2.45) is 0 Å². The Kier molecular flexibility index (Phi) is 2.50. The van der Waals surface area contributed by atoms with Crippen LogP contribution in [-0.2, 0) is 6.54 Å². The Balaban J connectivity index is 1.63. The Morgan fingerprint density at radius 2 is 2.05 bits per heavy atom. The first-order valence-electron chi connectivity index (χ1n) is 6.93. The summed E-state index contributed by atoms with van der Waals surface area (Å²) in [5.41, 5.74) is 2.58. The van der Waals surface area contributed by atoms with Crippen LogP contribution in [-0.4, -0.2) is 17.7 Å². The van der Waals surface area contributed by atoms with Crippen LogP contribution in [0.4, 0.5) is 0 Å². The third-order valence-electron chi connectivity index (χ3n) is 4.09. The van der Waals surface area contributed by atoms with Gasteiger partial charge in [0.2, 0.25) is 6.79 Å². The van der Waals surface area contributed by atoms with Gasteiger partial charge in [0.25, 0.3) is 0 Å². The van der Waals surface area contributed by atoms with Gasteiger partial charge in [-0.2, -0.15) is 0 Å². The zero-order chi connectivity index (χ0) is 12.7. The first kappa shape index (κ1) is 11.0. The van der Waals surface area contributed by atoms with Crippen molar-refractivity contribution in [3.8, 4) is 11.5 Å². The van der Waals surface area contributed by atoms with Gasteiger partial charge in [-0.1, -0.05) is 12.2 Å². The van der Waals surface area contributed by atoms with Gasteiger partial charge >= 0.3 is 0 Å². The molecule has 1 aliphatic carbocycles. The van der Waals surface area contributed by atoms with Crippen LogP contribution in [0.3, 0.4) is 0 Å². The highest BCUT2D eigenvalue weighted by Crippen LogP contribution is 2.37. The van der Waals surface area contributed by atoms with E-state index in [1.54, 1.807) is 0 Å². The van der Waals surface area contributed by atoms with Gasteiger partial charge in [0.1, 0.15) is 0 Å². The Labute approximate surface area is 113 Å². The molecule has 0 N–H and O–H groups in total. The Hall–Kier alpha value is -1.90. The van der Waals surface area contributed by atoms with Crippen molar-refractivity contribution in [2.45, 2.75) is 31.8 Å². The molecule has 3 nitrogen and oxygen atoms in total. The van der Waals surface area contributed by atoms with Crippen molar-refractivity contribution >= 4 is 6.08 Å². The van der Waals surface area contributed by atoms with Crippen LogP contribution < -0.4 is 9.47 Å². The van der Waals surface area contributed by atoms with E-state index in [2.05, 4.69) is 41.5 Å². The van der Waals surface area contributed by atoms with Crippen molar-refractivity contribution in [2.75, 3.05) is 6.79 Å². The highest BCUT2D eigenvalue weighted by atomic mass is 16.7. The van der Waals surface area contributed by atoms with Gasteiger partial charge in [-0.3, -0.25) is 0 Å². The molecule has 1 unspecified atom stereocenters. The first-order chi connectivity index (χ1) is 9.40. The van der Waals surface area contributed by atoms with Crippen LogP contribution in [0, 0.1) is 0 Å². The first-order valence-corrected chi connectivity index (χ1v) is 6.93. The second-order valence-corrected chi connectivity index (χ2v) is 5.32. The van der Waals surface area contributed by atoms with Gasteiger partial charge in [-0.25, -0.2) is 0 Å². The minimum atomic E-state index is 0.344. The third-order valence-corrected chi connectivity index (χ3v) is 4.09. The van der Waals surface area contributed by atoms with Crippen LogP contribution >= 0.6 is 0 Å². The molecule has 4 rings (SSSR count). The fourth-order valence-corrected chi connectivity index (χ4v) is 3.02.